The molecule has 1 aromatic carbocycles. The van der Waals surface area contributed by atoms with E-state index in [4.69, 9.17) is 4.74 Å². The summed E-state index contributed by atoms with van der Waals surface area (Å²) in [5.41, 5.74) is -0.0856. The Bertz CT molecular complexity index is 826. The van der Waals surface area contributed by atoms with Crippen molar-refractivity contribution in [1.29, 1.82) is 0 Å². The number of hydrogen-bond acceptors (Lipinski definition) is 8. The zero-order chi connectivity index (χ0) is 20.1. The number of alkyl halides is 3. The quantitative estimate of drug-likeness (QED) is 0.536. The minimum absolute atomic E-state index is 0.0232. The zero-order valence-corrected chi connectivity index (χ0v) is 14.4. The second-order valence-corrected chi connectivity index (χ2v) is 5.89. The summed E-state index contributed by atoms with van der Waals surface area (Å²) in [7, 11) is 0. The highest BCUT2D eigenvalue weighted by molar-refractivity contribution is 5.73. The first-order chi connectivity index (χ1) is 13.3. The lowest BCUT2D eigenvalue weighted by molar-refractivity contribution is -0.383. The summed E-state index contributed by atoms with van der Waals surface area (Å²) in [5.74, 6) is -0.483. The van der Waals surface area contributed by atoms with Gasteiger partial charge in [0.15, 0.2) is 0 Å². The number of rotatable bonds is 7. The summed E-state index contributed by atoms with van der Waals surface area (Å²) in [6, 6.07) is 4.73. The van der Waals surface area contributed by atoms with Gasteiger partial charge in [0.25, 0.3) is 0 Å². The standard InChI is InChI=1S/C16H16F3N5O4/c17-16(18,19)28-11-5-3-10(4-6-11)23-15-13(24(25)26)14(21-9-22-15)20-8-12-2-1-7-27-12/h3-6,9,12H,1-2,7-8H2,(H2,20,21,22,23). The second kappa shape index (κ2) is 8.25. The molecule has 0 bridgehead atoms. The second-order valence-electron chi connectivity index (χ2n) is 5.89. The van der Waals surface area contributed by atoms with E-state index in [9.17, 15) is 23.3 Å². The smallest absolute Gasteiger partial charge is 0.406 e. The van der Waals surface area contributed by atoms with Gasteiger partial charge in [0.1, 0.15) is 12.1 Å². The number of ether oxygens (including phenoxy) is 2. The van der Waals surface area contributed by atoms with Crippen LogP contribution in [0, 0.1) is 10.1 Å². The van der Waals surface area contributed by atoms with E-state index in [1.807, 2.05) is 0 Å². The Morgan fingerprint density at radius 3 is 2.57 bits per heavy atom. The van der Waals surface area contributed by atoms with E-state index in [1.54, 1.807) is 0 Å². The number of nitrogens with zero attached hydrogens (tertiary/aromatic N) is 3. The van der Waals surface area contributed by atoms with E-state index in [0.29, 0.717) is 18.8 Å². The third-order valence-corrected chi connectivity index (χ3v) is 3.88. The van der Waals surface area contributed by atoms with E-state index < -0.39 is 17.0 Å². The van der Waals surface area contributed by atoms with Crippen LogP contribution >= 0.6 is 0 Å². The topological polar surface area (TPSA) is 111 Å². The summed E-state index contributed by atoms with van der Waals surface area (Å²) in [5, 5.41) is 17.1. The fourth-order valence-electron chi connectivity index (χ4n) is 2.67. The molecule has 1 aliphatic rings. The maximum absolute atomic E-state index is 12.2. The van der Waals surface area contributed by atoms with Crippen LogP contribution in [0.1, 0.15) is 12.8 Å². The molecule has 0 amide bonds. The van der Waals surface area contributed by atoms with Crippen LogP contribution in [-0.4, -0.2) is 40.5 Å². The van der Waals surface area contributed by atoms with Crippen molar-refractivity contribution in [2.24, 2.45) is 0 Å². The summed E-state index contributed by atoms with van der Waals surface area (Å²) < 4.78 is 45.9. The lowest BCUT2D eigenvalue weighted by atomic mass is 10.2. The number of aromatic nitrogens is 2. The third-order valence-electron chi connectivity index (χ3n) is 3.88. The first-order valence-electron chi connectivity index (χ1n) is 8.29. The highest BCUT2D eigenvalue weighted by Crippen LogP contribution is 2.32. The van der Waals surface area contributed by atoms with Gasteiger partial charge in [-0.25, -0.2) is 9.97 Å². The first-order valence-corrected chi connectivity index (χ1v) is 8.29. The first kappa shape index (κ1) is 19.6. The molecule has 12 heteroatoms. The van der Waals surface area contributed by atoms with Crippen LogP contribution in [0.3, 0.4) is 0 Å². The van der Waals surface area contributed by atoms with Gasteiger partial charge < -0.3 is 20.1 Å². The van der Waals surface area contributed by atoms with E-state index in [0.717, 1.165) is 31.3 Å². The van der Waals surface area contributed by atoms with Gasteiger partial charge >= 0.3 is 12.0 Å². The Kier molecular flexibility index (Phi) is 5.78. The molecule has 2 N–H and O–H groups in total. The lowest BCUT2D eigenvalue weighted by Gasteiger charge is -2.13. The number of hydrogen-bond donors (Lipinski definition) is 2. The van der Waals surface area contributed by atoms with Crippen LogP contribution in [0.4, 0.5) is 36.2 Å². The van der Waals surface area contributed by atoms with Gasteiger partial charge in [0.05, 0.1) is 11.0 Å². The minimum atomic E-state index is -4.80. The van der Waals surface area contributed by atoms with Crippen LogP contribution < -0.4 is 15.4 Å². The van der Waals surface area contributed by atoms with Crippen molar-refractivity contribution >= 4 is 23.0 Å². The summed E-state index contributed by atoms with van der Waals surface area (Å²) in [6.45, 7) is 1.01. The van der Waals surface area contributed by atoms with Crippen molar-refractivity contribution in [3.63, 3.8) is 0 Å². The molecule has 2 aromatic rings. The molecule has 1 atom stereocenters. The van der Waals surface area contributed by atoms with Crippen molar-refractivity contribution in [2.75, 3.05) is 23.8 Å². The number of nitrogens with one attached hydrogen (secondary N) is 2. The third kappa shape index (κ3) is 5.19. The molecule has 0 aliphatic carbocycles. The van der Waals surface area contributed by atoms with Crippen LogP contribution in [0.2, 0.25) is 0 Å². The maximum Gasteiger partial charge on any atom is 0.573 e. The largest absolute Gasteiger partial charge is 0.573 e. The van der Waals surface area contributed by atoms with Crippen LogP contribution in [0.15, 0.2) is 30.6 Å². The molecule has 1 aromatic heterocycles. The van der Waals surface area contributed by atoms with Crippen LogP contribution in [0.25, 0.3) is 0 Å². The number of benzene rings is 1. The molecule has 0 radical (unpaired) electrons. The van der Waals surface area contributed by atoms with Gasteiger partial charge in [-0.3, -0.25) is 10.1 Å². The Morgan fingerprint density at radius 2 is 1.96 bits per heavy atom. The molecule has 0 spiro atoms. The van der Waals surface area contributed by atoms with Crippen LogP contribution in [-0.2, 0) is 4.74 Å². The molecule has 1 saturated heterocycles. The molecular formula is C16H16F3N5O4. The van der Waals surface area contributed by atoms with Crippen molar-refractivity contribution < 1.29 is 27.6 Å². The molecule has 9 nitrogen and oxygen atoms in total. The van der Waals surface area contributed by atoms with E-state index >= 15 is 0 Å². The van der Waals surface area contributed by atoms with Crippen molar-refractivity contribution in [1.82, 2.24) is 9.97 Å². The highest BCUT2D eigenvalue weighted by atomic mass is 19.4. The Balaban J connectivity index is 1.75. The Labute approximate surface area is 157 Å². The van der Waals surface area contributed by atoms with Gasteiger partial charge in [-0.2, -0.15) is 0 Å². The molecular weight excluding hydrogens is 383 g/mol. The van der Waals surface area contributed by atoms with E-state index in [-0.39, 0.29) is 23.4 Å². The Morgan fingerprint density at radius 1 is 1.25 bits per heavy atom. The minimum Gasteiger partial charge on any atom is -0.406 e. The molecule has 0 saturated carbocycles. The fraction of sp³-hybridized carbons (Fsp3) is 0.375. The number of halogens is 3. The average Bonchev–Trinajstić information content (AvgIpc) is 3.14. The summed E-state index contributed by atoms with van der Waals surface area (Å²) >= 11 is 0. The summed E-state index contributed by atoms with van der Waals surface area (Å²) in [6.07, 6.45) is -1.92. The SMILES string of the molecule is O=[N+]([O-])c1c(NCC2CCCO2)ncnc1Nc1ccc(OC(F)(F)F)cc1. The molecule has 1 fully saturated rings. The molecule has 3 rings (SSSR count). The monoisotopic (exact) mass is 399 g/mol. The van der Waals surface area contributed by atoms with E-state index in [2.05, 4.69) is 25.3 Å². The molecule has 1 aliphatic heterocycles. The van der Waals surface area contributed by atoms with E-state index in [1.165, 1.54) is 12.1 Å². The van der Waals surface area contributed by atoms with Gasteiger partial charge in [-0.15, -0.1) is 13.2 Å². The van der Waals surface area contributed by atoms with Gasteiger partial charge in [-0.1, -0.05) is 0 Å². The Hall–Kier alpha value is -3.15. The highest BCUT2D eigenvalue weighted by Gasteiger charge is 2.31. The number of anilines is 3. The van der Waals surface area contributed by atoms with Gasteiger partial charge in [-0.05, 0) is 37.1 Å². The van der Waals surface area contributed by atoms with Crippen molar-refractivity contribution in [2.45, 2.75) is 25.3 Å². The normalized spacial score (nSPS) is 16.6. The zero-order valence-electron chi connectivity index (χ0n) is 14.4. The number of nitro groups is 1. The average molecular weight is 399 g/mol. The molecule has 2 heterocycles. The van der Waals surface area contributed by atoms with Crippen molar-refractivity contribution in [3.8, 4) is 5.75 Å². The van der Waals surface area contributed by atoms with Gasteiger partial charge in [0, 0.05) is 18.8 Å². The van der Waals surface area contributed by atoms with Crippen molar-refractivity contribution in [3.05, 3.63) is 40.7 Å². The maximum atomic E-state index is 12.2. The predicted molar refractivity (Wildman–Crippen MR) is 92.6 cm³/mol. The van der Waals surface area contributed by atoms with Crippen LogP contribution in [0.5, 0.6) is 5.75 Å². The molecule has 1 unspecified atom stereocenters. The fourth-order valence-corrected chi connectivity index (χ4v) is 2.67. The molecule has 150 valence electrons. The molecule has 28 heavy (non-hydrogen) atoms. The summed E-state index contributed by atoms with van der Waals surface area (Å²) in [4.78, 5) is 18.7. The lowest BCUT2D eigenvalue weighted by Crippen LogP contribution is -2.20. The predicted octanol–water partition coefficient (Wildman–Crippen LogP) is 3.62. The van der Waals surface area contributed by atoms with Gasteiger partial charge in [0.2, 0.25) is 11.6 Å².